The average Bonchev–Trinajstić information content (AvgIpc) is 3.97. The Hall–Kier alpha value is -6.19. The molecule has 2 aliphatic carbocycles. The molecule has 10 rings (SSSR count). The van der Waals surface area contributed by atoms with E-state index in [0.717, 1.165) is 58.0 Å². The molecule has 274 valence electrons. The molecule has 2 N–H and O–H groups in total. The predicted octanol–water partition coefficient (Wildman–Crippen LogP) is 7.47. The van der Waals surface area contributed by atoms with E-state index >= 15 is 0 Å². The van der Waals surface area contributed by atoms with Crippen molar-refractivity contribution < 1.29 is 14.4 Å². The Labute approximate surface area is 323 Å². The zero-order chi connectivity index (χ0) is 37.8. The van der Waals surface area contributed by atoms with Crippen LogP contribution in [0.4, 0.5) is 11.6 Å². The van der Waals surface area contributed by atoms with E-state index in [2.05, 4.69) is 19.7 Å². The lowest BCUT2D eigenvalue weighted by Crippen LogP contribution is -2.32. The monoisotopic (exact) mass is 766 g/mol. The number of ketones is 1. The first-order chi connectivity index (χ1) is 26.8. The van der Waals surface area contributed by atoms with Crippen LogP contribution in [0.2, 0.25) is 0 Å². The van der Waals surface area contributed by atoms with Gasteiger partial charge in [-0.05, 0) is 85.5 Å². The highest BCUT2D eigenvalue weighted by atomic mass is 32.1. The van der Waals surface area contributed by atoms with Gasteiger partial charge in [0.05, 0.1) is 29.2 Å². The number of aromatic nitrogens is 5. The van der Waals surface area contributed by atoms with Crippen molar-refractivity contribution in [3.8, 4) is 22.0 Å². The largest absolute Gasteiger partial charge is 0.313 e. The number of carbonyl (C=O) groups excluding carboxylic acids is 3. The molecule has 13 nitrogen and oxygen atoms in total. The quantitative estimate of drug-likeness (QED) is 0.0869. The van der Waals surface area contributed by atoms with Gasteiger partial charge in [-0.1, -0.05) is 36.4 Å². The van der Waals surface area contributed by atoms with Crippen LogP contribution in [0.15, 0.2) is 84.5 Å². The smallest absolute Gasteiger partial charge is 0.270 e. The highest BCUT2D eigenvalue weighted by Gasteiger charge is 2.35. The Kier molecular flexibility index (Phi) is 8.74. The van der Waals surface area contributed by atoms with Gasteiger partial charge >= 0.3 is 0 Å². The number of rotatable bonds is 9. The van der Waals surface area contributed by atoms with Gasteiger partial charge in [0.1, 0.15) is 29.4 Å². The summed E-state index contributed by atoms with van der Waals surface area (Å²) in [6.07, 6.45) is 7.20. The molecule has 4 aliphatic rings. The number of nitrogens with zero attached hydrogens (tertiary/aromatic N) is 8. The highest BCUT2D eigenvalue weighted by molar-refractivity contribution is 7.17. The zero-order valence-electron chi connectivity index (χ0n) is 29.7. The van der Waals surface area contributed by atoms with Crippen LogP contribution in [0.1, 0.15) is 85.2 Å². The minimum Gasteiger partial charge on any atom is -0.313 e. The Balaban J connectivity index is 0.000000153. The Morgan fingerprint density at radius 1 is 0.873 bits per heavy atom. The van der Waals surface area contributed by atoms with Gasteiger partial charge in [-0.15, -0.1) is 32.9 Å². The lowest BCUT2D eigenvalue weighted by molar-refractivity contribution is 0.0991. The number of fused-ring (bicyclic) bond motifs is 2. The summed E-state index contributed by atoms with van der Waals surface area (Å²) in [5, 5.41) is 26.0. The van der Waals surface area contributed by atoms with Gasteiger partial charge < -0.3 is 9.47 Å². The maximum atomic E-state index is 13.2. The summed E-state index contributed by atoms with van der Waals surface area (Å²) < 4.78 is 2.06. The lowest BCUT2D eigenvalue weighted by Gasteiger charge is -2.20. The van der Waals surface area contributed by atoms with E-state index in [1.54, 1.807) is 46.1 Å². The first-order valence-corrected chi connectivity index (χ1v) is 19.6. The van der Waals surface area contributed by atoms with E-state index in [-0.39, 0.29) is 29.5 Å². The van der Waals surface area contributed by atoms with Crippen LogP contribution in [0.5, 0.6) is 0 Å². The standard InChI is InChI=1S/C24H19N5O2S.C16H15N5OS/c1-14(30)17-5-2-3-6-18(17)20-11-15-12-28(24(31)22(15)32-20)21-8-4-7-19(26-21)23-27-25-13-29(23)16-9-10-16;17-9-21(11-4-5-11)15(18)12-2-1-3-13(19-12)20-8-10-6-7-23-14(10)16(20)22/h2-8,11,13,16H,9-10,12H2,1H3;1-3,6-7,9,11,17-18H,4-5,8H2. The molecule has 2 amide bonds. The molecular weight excluding hydrogens is 733 g/mol. The van der Waals surface area contributed by atoms with Gasteiger partial charge in [0.15, 0.2) is 17.4 Å². The molecule has 0 bridgehead atoms. The van der Waals surface area contributed by atoms with Crippen LogP contribution >= 0.6 is 22.7 Å². The maximum absolute atomic E-state index is 13.2. The number of nitrogens with one attached hydrogen (secondary N) is 2. The SMILES string of the molecule is CC(=O)c1ccccc1-c1cc2c(s1)C(=O)N(c1cccc(-c3nncn3C3CC3)n1)C2.N=CN(C(=N)c1cccc(N2Cc3ccsc3C2=O)n1)C1CC1. The number of pyridine rings is 2. The Bertz CT molecular complexity index is 2530. The van der Waals surface area contributed by atoms with Crippen molar-refractivity contribution in [3.63, 3.8) is 0 Å². The zero-order valence-corrected chi connectivity index (χ0v) is 31.3. The van der Waals surface area contributed by atoms with Crippen molar-refractivity contribution in [3.05, 3.63) is 117 Å². The molecule has 0 spiro atoms. The van der Waals surface area contributed by atoms with Gasteiger partial charge in [-0.25, -0.2) is 9.97 Å². The molecule has 1 aromatic carbocycles. The van der Waals surface area contributed by atoms with E-state index in [4.69, 9.17) is 15.8 Å². The van der Waals surface area contributed by atoms with Crippen molar-refractivity contribution >= 4 is 64.1 Å². The van der Waals surface area contributed by atoms with Crippen molar-refractivity contribution in [2.75, 3.05) is 9.80 Å². The fourth-order valence-corrected chi connectivity index (χ4v) is 8.92. The summed E-state index contributed by atoms with van der Waals surface area (Å²) in [5.41, 5.74) is 4.74. The number of hydrogen-bond donors (Lipinski definition) is 2. The molecule has 55 heavy (non-hydrogen) atoms. The number of amidine groups is 1. The number of hydrogen-bond acceptors (Lipinski definition) is 11. The molecule has 2 fully saturated rings. The maximum Gasteiger partial charge on any atom is 0.270 e. The number of thiophene rings is 2. The Morgan fingerprint density at radius 2 is 1.60 bits per heavy atom. The molecule has 0 unspecified atom stereocenters. The number of anilines is 2. The summed E-state index contributed by atoms with van der Waals surface area (Å²) in [6, 6.07) is 23.2. The minimum atomic E-state index is -0.0649. The fourth-order valence-electron chi connectivity index (χ4n) is 6.90. The van der Waals surface area contributed by atoms with E-state index in [1.165, 1.54) is 29.0 Å². The highest BCUT2D eigenvalue weighted by Crippen LogP contribution is 2.41. The van der Waals surface area contributed by atoms with E-state index in [9.17, 15) is 14.4 Å². The average molecular weight is 767 g/mol. The fraction of sp³-hybridized carbons (Fsp3) is 0.225. The van der Waals surface area contributed by atoms with Gasteiger partial charge in [0, 0.05) is 28.1 Å². The summed E-state index contributed by atoms with van der Waals surface area (Å²) >= 11 is 2.88. The van der Waals surface area contributed by atoms with Gasteiger partial charge in [-0.2, -0.15) is 0 Å². The molecule has 2 saturated carbocycles. The van der Waals surface area contributed by atoms with Gasteiger partial charge in [0.2, 0.25) is 0 Å². The van der Waals surface area contributed by atoms with Crippen molar-refractivity contribution in [1.29, 1.82) is 10.8 Å². The second-order valence-electron chi connectivity index (χ2n) is 13.8. The number of benzene rings is 1. The van der Waals surface area contributed by atoms with E-state index in [0.29, 0.717) is 52.6 Å². The van der Waals surface area contributed by atoms with Crippen molar-refractivity contribution in [1.82, 2.24) is 29.6 Å². The Morgan fingerprint density at radius 3 is 2.31 bits per heavy atom. The number of carbonyl (C=O) groups is 3. The van der Waals surface area contributed by atoms with Crippen LogP contribution in [-0.4, -0.2) is 65.4 Å². The topological polar surface area (TPSA) is 165 Å². The van der Waals surface area contributed by atoms with Gasteiger partial charge in [-0.3, -0.25) is 35.0 Å². The molecule has 6 aromatic rings. The van der Waals surface area contributed by atoms with Crippen molar-refractivity contribution in [2.45, 2.75) is 57.8 Å². The summed E-state index contributed by atoms with van der Waals surface area (Å²) in [6.45, 7) is 2.55. The molecule has 0 atom stereocenters. The van der Waals surface area contributed by atoms with Crippen LogP contribution in [-0.2, 0) is 13.1 Å². The van der Waals surface area contributed by atoms with Crippen LogP contribution in [0.25, 0.3) is 22.0 Å². The van der Waals surface area contributed by atoms with Crippen LogP contribution in [0, 0.1) is 10.8 Å². The summed E-state index contributed by atoms with van der Waals surface area (Å²) in [5.74, 6) is 2.03. The van der Waals surface area contributed by atoms with E-state index in [1.807, 2.05) is 60.0 Å². The van der Waals surface area contributed by atoms with E-state index < -0.39 is 0 Å². The molecule has 7 heterocycles. The molecule has 15 heteroatoms. The molecule has 5 aromatic heterocycles. The molecule has 0 radical (unpaired) electrons. The number of Topliss-reactive ketones (excluding diaryl/α,β-unsaturated/α-hetero) is 1. The van der Waals surface area contributed by atoms with Crippen molar-refractivity contribution in [2.24, 2.45) is 0 Å². The third-order valence-electron chi connectivity index (χ3n) is 10.0. The number of amides is 2. The summed E-state index contributed by atoms with van der Waals surface area (Å²) in [4.78, 5) is 54.3. The third-order valence-corrected chi connectivity index (χ3v) is 12.2. The summed E-state index contributed by atoms with van der Waals surface area (Å²) in [7, 11) is 0. The second kappa shape index (κ2) is 13.9. The van der Waals surface area contributed by atoms with Crippen LogP contribution < -0.4 is 9.80 Å². The third kappa shape index (κ3) is 6.44. The molecule has 2 aliphatic heterocycles. The normalized spacial score (nSPS) is 15.7. The molecular formula is C40H34N10O3S2. The second-order valence-corrected chi connectivity index (χ2v) is 15.8. The first-order valence-electron chi connectivity index (χ1n) is 17.9. The first kappa shape index (κ1) is 34.6. The van der Waals surface area contributed by atoms with Crippen LogP contribution in [0.3, 0.4) is 0 Å². The molecule has 0 saturated heterocycles. The lowest BCUT2D eigenvalue weighted by atomic mass is 10.0. The predicted molar refractivity (Wildman–Crippen MR) is 211 cm³/mol. The van der Waals surface area contributed by atoms with Gasteiger partial charge in [0.25, 0.3) is 11.8 Å². The minimum absolute atomic E-state index is 0.0159.